The fraction of sp³-hybridized carbons (Fsp3) is 0.211. The smallest absolute Gasteiger partial charge is 0.294 e. The van der Waals surface area contributed by atoms with Crippen molar-refractivity contribution in [3.05, 3.63) is 121 Å². The van der Waals surface area contributed by atoms with Gasteiger partial charge in [0.15, 0.2) is 0 Å². The van der Waals surface area contributed by atoms with E-state index in [1.54, 1.807) is 42.5 Å². The second-order valence-electron chi connectivity index (χ2n) is 13.7. The Bertz CT molecular complexity index is 2360. The van der Waals surface area contributed by atoms with Gasteiger partial charge in [-0.15, -0.1) is 0 Å². The van der Waals surface area contributed by atoms with Gasteiger partial charge in [-0.3, -0.25) is 4.55 Å². The Kier molecular flexibility index (Phi) is 10.5. The van der Waals surface area contributed by atoms with Gasteiger partial charge in [0, 0.05) is 15.9 Å². The van der Waals surface area contributed by atoms with E-state index >= 15 is 0 Å². The molecule has 5 aromatic rings. The van der Waals surface area contributed by atoms with Crippen LogP contribution in [0.4, 0.5) is 0 Å². The van der Waals surface area contributed by atoms with Crippen LogP contribution in [0.2, 0.25) is 0 Å². The number of hydrogen-bond acceptors (Lipinski definition) is 9. The van der Waals surface area contributed by atoms with E-state index in [0.717, 1.165) is 5.56 Å². The van der Waals surface area contributed by atoms with Gasteiger partial charge < -0.3 is 9.47 Å². The first-order valence-corrected chi connectivity index (χ1v) is 20.9. The highest BCUT2D eigenvalue weighted by Gasteiger charge is 2.26. The largest absolute Gasteiger partial charge is 0.488 e. The van der Waals surface area contributed by atoms with Gasteiger partial charge in [-0.05, 0) is 129 Å². The molecule has 5 aromatic carbocycles. The summed E-state index contributed by atoms with van der Waals surface area (Å²) in [5, 5.41) is 0. The van der Waals surface area contributed by atoms with Gasteiger partial charge in [0.25, 0.3) is 10.1 Å². The molecule has 0 heterocycles. The van der Waals surface area contributed by atoms with Crippen molar-refractivity contribution < 1.29 is 39.3 Å². The summed E-state index contributed by atoms with van der Waals surface area (Å²) in [6.45, 7) is 11.7. The average molecular weight is 767 g/mol. The van der Waals surface area contributed by atoms with Crippen LogP contribution in [0.3, 0.4) is 0 Å². The molecule has 0 spiro atoms. The number of sulfone groups is 2. The molecule has 0 bridgehead atoms. The first-order valence-electron chi connectivity index (χ1n) is 15.7. The Morgan fingerprint density at radius 3 is 1.43 bits per heavy atom. The van der Waals surface area contributed by atoms with Crippen molar-refractivity contribution in [3.63, 3.8) is 0 Å². The standard InChI is InChI=1S/C38H38O9S4/c1-37(2,3)26-7-16-31(17-8-26)49(39,40)32-18-9-27(10-19-32)46-35-24-11-28(47-38(4,5)6)25-36(35)50(41,42)33-20-12-29(13-21-33)48-30-14-22-34(23-15-30)51(43,44)45/h7-25H,1-6H3,(H,43,44,45). The van der Waals surface area contributed by atoms with Crippen molar-refractivity contribution in [2.24, 2.45) is 0 Å². The fourth-order valence-electron chi connectivity index (χ4n) is 4.91. The molecule has 0 aliphatic heterocycles. The zero-order valence-electron chi connectivity index (χ0n) is 28.8. The second kappa shape index (κ2) is 14.1. The van der Waals surface area contributed by atoms with Crippen molar-refractivity contribution in [1.82, 2.24) is 0 Å². The van der Waals surface area contributed by atoms with E-state index in [1.165, 1.54) is 84.6 Å². The van der Waals surface area contributed by atoms with Crippen LogP contribution < -0.4 is 9.47 Å². The monoisotopic (exact) mass is 766 g/mol. The maximum absolute atomic E-state index is 14.1. The molecular formula is C38H38O9S4. The number of rotatable bonds is 10. The third-order valence-corrected chi connectivity index (χ3v) is 13.0. The van der Waals surface area contributed by atoms with Gasteiger partial charge >= 0.3 is 0 Å². The van der Waals surface area contributed by atoms with Crippen LogP contribution in [0.25, 0.3) is 0 Å². The maximum atomic E-state index is 14.1. The minimum atomic E-state index is -4.32. The summed E-state index contributed by atoms with van der Waals surface area (Å²) < 4.78 is 98.9. The number of hydrogen-bond donors (Lipinski definition) is 1. The molecule has 0 amide bonds. The third-order valence-electron chi connectivity index (χ3n) is 7.51. The first-order chi connectivity index (χ1) is 23.6. The lowest BCUT2D eigenvalue weighted by atomic mass is 9.87. The lowest BCUT2D eigenvalue weighted by Gasteiger charge is -2.22. The van der Waals surface area contributed by atoms with Gasteiger partial charge in [-0.1, -0.05) is 44.7 Å². The van der Waals surface area contributed by atoms with Crippen LogP contribution >= 0.6 is 11.8 Å². The van der Waals surface area contributed by atoms with Crippen molar-refractivity contribution in [1.29, 1.82) is 0 Å². The second-order valence-corrected chi connectivity index (χ2v) is 20.1. The molecule has 5 rings (SSSR count). The zero-order valence-corrected chi connectivity index (χ0v) is 32.1. The quantitative estimate of drug-likeness (QED) is 0.137. The van der Waals surface area contributed by atoms with Gasteiger partial charge in [0.05, 0.1) is 19.6 Å². The maximum Gasteiger partial charge on any atom is 0.294 e. The zero-order chi connectivity index (χ0) is 37.4. The molecule has 51 heavy (non-hydrogen) atoms. The Balaban J connectivity index is 1.42. The summed E-state index contributed by atoms with van der Waals surface area (Å²) in [5.74, 6) is 0.555. The average Bonchev–Trinajstić information content (AvgIpc) is 3.05. The van der Waals surface area contributed by atoms with Crippen LogP contribution in [-0.2, 0) is 35.2 Å². The van der Waals surface area contributed by atoms with Crippen molar-refractivity contribution >= 4 is 41.6 Å². The van der Waals surface area contributed by atoms with E-state index in [4.69, 9.17) is 9.47 Å². The molecule has 0 unspecified atom stereocenters. The topological polar surface area (TPSA) is 141 Å². The van der Waals surface area contributed by atoms with Crippen molar-refractivity contribution in [2.75, 3.05) is 0 Å². The SMILES string of the molecule is CC(C)(C)Oc1ccc(Oc2ccc(S(=O)(=O)c3ccc(C(C)(C)C)cc3)cc2)c(S(=O)(=O)c2ccc(Sc3ccc(S(=O)(=O)O)cc3)cc2)c1. The summed E-state index contributed by atoms with van der Waals surface area (Å²) >= 11 is 1.28. The van der Waals surface area contributed by atoms with Gasteiger partial charge in [-0.2, -0.15) is 8.42 Å². The summed E-state index contributed by atoms with van der Waals surface area (Å²) in [6.07, 6.45) is 0. The Morgan fingerprint density at radius 1 is 0.529 bits per heavy atom. The summed E-state index contributed by atoms with van der Waals surface area (Å²) in [5.41, 5.74) is 0.269. The van der Waals surface area contributed by atoms with Crippen LogP contribution in [0.1, 0.15) is 47.1 Å². The van der Waals surface area contributed by atoms with Crippen molar-refractivity contribution in [2.45, 2.75) is 86.8 Å². The summed E-state index contributed by atoms with van der Waals surface area (Å²) in [7, 11) is -12.3. The Hall–Kier alpha value is -4.14. The van der Waals surface area contributed by atoms with Crippen LogP contribution in [0.15, 0.2) is 150 Å². The van der Waals surface area contributed by atoms with E-state index in [-0.39, 0.29) is 41.4 Å². The van der Waals surface area contributed by atoms with E-state index in [9.17, 15) is 29.8 Å². The Morgan fingerprint density at radius 2 is 0.961 bits per heavy atom. The van der Waals surface area contributed by atoms with E-state index < -0.39 is 35.4 Å². The molecule has 268 valence electrons. The molecule has 0 atom stereocenters. The fourth-order valence-corrected chi connectivity index (χ4v) is 8.86. The summed E-state index contributed by atoms with van der Waals surface area (Å²) in [6, 6.07) is 28.9. The lowest BCUT2D eigenvalue weighted by Crippen LogP contribution is -2.23. The van der Waals surface area contributed by atoms with Crippen LogP contribution in [-0.4, -0.2) is 35.4 Å². The highest BCUT2D eigenvalue weighted by atomic mass is 32.2. The van der Waals surface area contributed by atoms with Gasteiger partial charge in [-0.25, -0.2) is 16.8 Å². The summed E-state index contributed by atoms with van der Waals surface area (Å²) in [4.78, 5) is 1.20. The van der Waals surface area contributed by atoms with E-state index in [2.05, 4.69) is 20.8 Å². The van der Waals surface area contributed by atoms with Crippen LogP contribution in [0.5, 0.6) is 17.2 Å². The molecule has 0 aliphatic rings. The lowest BCUT2D eigenvalue weighted by molar-refractivity contribution is 0.130. The molecule has 0 fully saturated rings. The van der Waals surface area contributed by atoms with E-state index in [0.29, 0.717) is 15.5 Å². The minimum Gasteiger partial charge on any atom is -0.488 e. The number of ether oxygens (including phenoxy) is 2. The molecule has 0 saturated carbocycles. The van der Waals surface area contributed by atoms with Crippen LogP contribution in [0, 0.1) is 0 Å². The molecule has 0 radical (unpaired) electrons. The molecule has 0 aromatic heterocycles. The predicted octanol–water partition coefficient (Wildman–Crippen LogP) is 9.02. The Labute approximate surface area is 304 Å². The molecule has 1 N–H and O–H groups in total. The normalized spacial score (nSPS) is 12.8. The predicted molar refractivity (Wildman–Crippen MR) is 196 cm³/mol. The molecular weight excluding hydrogens is 729 g/mol. The molecule has 9 nitrogen and oxygen atoms in total. The first kappa shape index (κ1) is 38.1. The minimum absolute atomic E-state index is 0.00903. The highest BCUT2D eigenvalue weighted by Crippen LogP contribution is 2.38. The highest BCUT2D eigenvalue weighted by molar-refractivity contribution is 7.99. The number of benzene rings is 5. The van der Waals surface area contributed by atoms with E-state index in [1.807, 2.05) is 20.8 Å². The third kappa shape index (κ3) is 9.21. The van der Waals surface area contributed by atoms with Gasteiger partial charge in [0.1, 0.15) is 27.7 Å². The molecule has 0 saturated heterocycles. The molecule has 13 heteroatoms. The van der Waals surface area contributed by atoms with Crippen molar-refractivity contribution in [3.8, 4) is 17.2 Å². The van der Waals surface area contributed by atoms with Gasteiger partial charge in [0.2, 0.25) is 19.7 Å². The molecule has 0 aliphatic carbocycles.